The Kier molecular flexibility index (Phi) is 9.49. The predicted octanol–water partition coefficient (Wildman–Crippen LogP) is 5.03. The van der Waals surface area contributed by atoms with Gasteiger partial charge in [-0.15, -0.1) is 0 Å². The SMILES string of the molecule is COc1cc(OC[C@H]2CCCN2C)ccc1Nc1ncc(Cl)c(Nc2ccccc2S(=O)(=O)NCC(C)C)n1. The highest BCUT2D eigenvalue weighted by Gasteiger charge is 2.22. The van der Waals surface area contributed by atoms with E-state index in [0.717, 1.165) is 13.0 Å². The minimum absolute atomic E-state index is 0.0934. The molecule has 0 saturated carbocycles. The molecule has 1 aliphatic heterocycles. The molecule has 0 amide bonds. The Morgan fingerprint density at radius 3 is 2.67 bits per heavy atom. The Bertz CT molecular complexity index is 1390. The summed E-state index contributed by atoms with van der Waals surface area (Å²) >= 11 is 6.37. The molecule has 1 fully saturated rings. The lowest BCUT2D eigenvalue weighted by molar-refractivity contribution is 0.198. The third-order valence-electron chi connectivity index (χ3n) is 6.39. The second-order valence-corrected chi connectivity index (χ2v) is 12.0. The Morgan fingerprint density at radius 2 is 1.95 bits per heavy atom. The molecular weight excluding hydrogens is 540 g/mol. The summed E-state index contributed by atoms with van der Waals surface area (Å²) in [5, 5.41) is 6.43. The first kappa shape index (κ1) is 28.9. The van der Waals surface area contributed by atoms with Gasteiger partial charge in [-0.3, -0.25) is 0 Å². The molecule has 2 aromatic carbocycles. The van der Waals surface area contributed by atoms with E-state index in [-0.39, 0.29) is 27.6 Å². The van der Waals surface area contributed by atoms with Gasteiger partial charge in [-0.05, 0) is 56.6 Å². The van der Waals surface area contributed by atoms with Gasteiger partial charge >= 0.3 is 0 Å². The molecule has 0 unspecified atom stereocenters. The van der Waals surface area contributed by atoms with Gasteiger partial charge in [0.15, 0.2) is 5.82 Å². The van der Waals surface area contributed by atoms with E-state index in [1.165, 1.54) is 18.7 Å². The van der Waals surface area contributed by atoms with Crippen molar-refractivity contribution in [1.82, 2.24) is 19.6 Å². The van der Waals surface area contributed by atoms with Gasteiger partial charge in [0.1, 0.15) is 28.0 Å². The average Bonchev–Trinajstić information content (AvgIpc) is 3.33. The van der Waals surface area contributed by atoms with E-state index < -0.39 is 10.0 Å². The van der Waals surface area contributed by atoms with Crippen LogP contribution >= 0.6 is 11.6 Å². The number of hydrogen-bond acceptors (Lipinski definition) is 9. The van der Waals surface area contributed by atoms with Crippen molar-refractivity contribution in [3.05, 3.63) is 53.7 Å². The first-order valence-electron chi connectivity index (χ1n) is 12.8. The van der Waals surface area contributed by atoms with Crippen molar-refractivity contribution in [2.24, 2.45) is 5.92 Å². The van der Waals surface area contributed by atoms with Crippen LogP contribution in [0.5, 0.6) is 11.5 Å². The molecule has 1 aromatic heterocycles. The number of anilines is 4. The minimum atomic E-state index is -3.75. The van der Waals surface area contributed by atoms with E-state index in [0.29, 0.717) is 42.1 Å². The van der Waals surface area contributed by atoms with Crippen LogP contribution in [-0.4, -0.2) is 63.2 Å². The van der Waals surface area contributed by atoms with Crippen LogP contribution < -0.4 is 24.8 Å². The number of likely N-dealkylation sites (tertiary alicyclic amines) is 1. The van der Waals surface area contributed by atoms with Crippen LogP contribution in [-0.2, 0) is 10.0 Å². The predicted molar refractivity (Wildman–Crippen MR) is 154 cm³/mol. The molecule has 3 N–H and O–H groups in total. The van der Waals surface area contributed by atoms with Crippen molar-refractivity contribution in [3.8, 4) is 11.5 Å². The van der Waals surface area contributed by atoms with Gasteiger partial charge in [0.05, 0.1) is 24.7 Å². The number of likely N-dealkylation sites (N-methyl/N-ethyl adjacent to an activating group) is 1. The fraction of sp³-hybridized carbons (Fsp3) is 0.407. The summed E-state index contributed by atoms with van der Waals surface area (Å²) in [5.41, 5.74) is 0.976. The maximum atomic E-state index is 12.9. The number of nitrogens with zero attached hydrogens (tertiary/aromatic N) is 3. The van der Waals surface area contributed by atoms with Crippen molar-refractivity contribution < 1.29 is 17.9 Å². The molecule has 1 atom stereocenters. The van der Waals surface area contributed by atoms with Crippen LogP contribution in [0.3, 0.4) is 0 Å². The monoisotopic (exact) mass is 574 g/mol. The summed E-state index contributed by atoms with van der Waals surface area (Å²) in [5.74, 6) is 1.94. The molecule has 10 nitrogen and oxygen atoms in total. The number of methoxy groups -OCH3 is 1. The van der Waals surface area contributed by atoms with Crippen LogP contribution in [0.4, 0.5) is 23.1 Å². The molecule has 39 heavy (non-hydrogen) atoms. The topological polar surface area (TPSA) is 118 Å². The Labute approximate surface area is 235 Å². The van der Waals surface area contributed by atoms with Crippen LogP contribution in [0.15, 0.2) is 53.6 Å². The smallest absolute Gasteiger partial charge is 0.242 e. The van der Waals surface area contributed by atoms with Gasteiger partial charge in [-0.2, -0.15) is 4.98 Å². The molecule has 2 heterocycles. The Balaban J connectivity index is 1.51. The van der Waals surface area contributed by atoms with Crippen molar-refractivity contribution in [2.75, 3.05) is 44.5 Å². The van der Waals surface area contributed by atoms with Gasteiger partial charge in [0, 0.05) is 18.7 Å². The van der Waals surface area contributed by atoms with E-state index in [1.54, 1.807) is 25.3 Å². The lowest BCUT2D eigenvalue weighted by Gasteiger charge is -2.20. The van der Waals surface area contributed by atoms with Gasteiger partial charge in [0.25, 0.3) is 0 Å². The quantitative estimate of drug-likeness (QED) is 0.273. The highest BCUT2D eigenvalue weighted by molar-refractivity contribution is 7.89. The molecule has 0 spiro atoms. The van der Waals surface area contributed by atoms with Gasteiger partial charge < -0.3 is 25.0 Å². The highest BCUT2D eigenvalue weighted by atomic mass is 35.5. The Morgan fingerprint density at radius 1 is 1.15 bits per heavy atom. The summed E-state index contributed by atoms with van der Waals surface area (Å²) in [6.07, 6.45) is 3.75. The van der Waals surface area contributed by atoms with Crippen molar-refractivity contribution in [2.45, 2.75) is 37.6 Å². The highest BCUT2D eigenvalue weighted by Crippen LogP contribution is 2.33. The van der Waals surface area contributed by atoms with E-state index in [9.17, 15) is 8.42 Å². The molecule has 0 bridgehead atoms. The molecule has 3 aromatic rings. The zero-order chi connectivity index (χ0) is 28.0. The summed E-state index contributed by atoms with van der Waals surface area (Å²) in [6, 6.07) is 12.5. The van der Waals surface area contributed by atoms with Gasteiger partial charge in [-0.1, -0.05) is 37.6 Å². The summed E-state index contributed by atoms with van der Waals surface area (Å²) in [6.45, 7) is 5.90. The third kappa shape index (κ3) is 7.51. The largest absolute Gasteiger partial charge is 0.494 e. The van der Waals surface area contributed by atoms with Crippen LogP contribution in [0.2, 0.25) is 5.02 Å². The van der Waals surface area contributed by atoms with E-state index in [1.807, 2.05) is 32.0 Å². The molecule has 0 radical (unpaired) electrons. The molecule has 210 valence electrons. The number of halogens is 1. The second-order valence-electron chi connectivity index (χ2n) is 9.83. The second kappa shape index (κ2) is 12.8. The van der Waals surface area contributed by atoms with Crippen LogP contribution in [0.25, 0.3) is 0 Å². The number of ether oxygens (including phenoxy) is 2. The van der Waals surface area contributed by atoms with Crippen LogP contribution in [0, 0.1) is 5.92 Å². The van der Waals surface area contributed by atoms with Gasteiger partial charge in [0.2, 0.25) is 16.0 Å². The van der Waals surface area contributed by atoms with Gasteiger partial charge in [-0.25, -0.2) is 18.1 Å². The lowest BCUT2D eigenvalue weighted by Crippen LogP contribution is -2.30. The van der Waals surface area contributed by atoms with Crippen LogP contribution in [0.1, 0.15) is 26.7 Å². The third-order valence-corrected chi connectivity index (χ3v) is 8.15. The zero-order valence-corrected chi connectivity index (χ0v) is 24.1. The summed E-state index contributed by atoms with van der Waals surface area (Å²) in [4.78, 5) is 11.2. The first-order chi connectivity index (χ1) is 18.7. The molecule has 1 aliphatic rings. The van der Waals surface area contributed by atoms with Crippen molar-refractivity contribution in [1.29, 1.82) is 0 Å². The molecule has 4 rings (SSSR count). The minimum Gasteiger partial charge on any atom is -0.494 e. The zero-order valence-electron chi connectivity index (χ0n) is 22.6. The number of benzene rings is 2. The average molecular weight is 575 g/mol. The number of aromatic nitrogens is 2. The number of hydrogen-bond donors (Lipinski definition) is 3. The standard InChI is InChI=1S/C27H35ClN6O4S/c1-18(2)15-30-39(35,36)25-10-6-5-9-23(25)31-26-21(28)16-29-27(33-26)32-22-12-11-20(14-24(22)37-4)38-17-19-8-7-13-34(19)3/h5-6,9-12,14,16,18-19,30H,7-8,13,15,17H2,1-4H3,(H2,29,31,32,33)/t19-/m1/s1. The molecule has 0 aliphatic carbocycles. The number of sulfonamides is 1. The number of rotatable bonds is 12. The van der Waals surface area contributed by atoms with Crippen molar-refractivity contribution >= 4 is 44.8 Å². The number of nitrogens with one attached hydrogen (secondary N) is 3. The molecule has 1 saturated heterocycles. The van der Waals surface area contributed by atoms with Crippen molar-refractivity contribution in [3.63, 3.8) is 0 Å². The van der Waals surface area contributed by atoms with E-state index in [4.69, 9.17) is 21.1 Å². The van der Waals surface area contributed by atoms with E-state index in [2.05, 4.69) is 37.3 Å². The molecular formula is C27H35ClN6O4S. The fourth-order valence-electron chi connectivity index (χ4n) is 4.17. The number of para-hydroxylation sites is 1. The Hall–Kier alpha value is -3.12. The normalized spacial score (nSPS) is 15.9. The summed E-state index contributed by atoms with van der Waals surface area (Å²) < 4.78 is 40.1. The van der Waals surface area contributed by atoms with E-state index >= 15 is 0 Å². The first-order valence-corrected chi connectivity index (χ1v) is 14.7. The molecule has 12 heteroatoms. The lowest BCUT2D eigenvalue weighted by atomic mass is 10.2. The maximum Gasteiger partial charge on any atom is 0.242 e. The maximum absolute atomic E-state index is 12.9. The fourth-order valence-corrected chi connectivity index (χ4v) is 5.68. The summed E-state index contributed by atoms with van der Waals surface area (Å²) in [7, 11) is -0.0548.